The van der Waals surface area contributed by atoms with Gasteiger partial charge in [-0.2, -0.15) is 0 Å². The van der Waals surface area contributed by atoms with E-state index in [1.807, 2.05) is 0 Å². The lowest BCUT2D eigenvalue weighted by molar-refractivity contribution is -0.137. The SMILES string of the molecule is CN[C@@H](CC(C)C)C(=O)N1C[C@@H](O)[C@@H](O)CC2(CCOCC2)C1. The summed E-state index contributed by atoms with van der Waals surface area (Å²) in [5, 5.41) is 23.6. The molecule has 6 heteroatoms. The molecule has 1 amide bonds. The van der Waals surface area contributed by atoms with Crippen molar-refractivity contribution in [2.75, 3.05) is 33.4 Å². The lowest BCUT2D eigenvalue weighted by Gasteiger charge is -2.40. The second-order valence-electron chi connectivity index (χ2n) is 7.64. The molecule has 3 atom stereocenters. The third kappa shape index (κ3) is 4.66. The van der Waals surface area contributed by atoms with Crippen molar-refractivity contribution < 1.29 is 19.7 Å². The Labute approximate surface area is 139 Å². The maximum atomic E-state index is 12.9. The lowest BCUT2D eigenvalue weighted by atomic mass is 9.75. The van der Waals surface area contributed by atoms with Crippen LogP contribution >= 0.6 is 0 Å². The highest BCUT2D eigenvalue weighted by Gasteiger charge is 2.43. The fraction of sp³-hybridized carbons (Fsp3) is 0.941. The lowest BCUT2D eigenvalue weighted by Crippen LogP contribution is -2.51. The highest BCUT2D eigenvalue weighted by atomic mass is 16.5. The van der Waals surface area contributed by atoms with Crippen LogP contribution in [0, 0.1) is 11.3 Å². The maximum absolute atomic E-state index is 12.9. The van der Waals surface area contributed by atoms with Crippen LogP contribution in [0.3, 0.4) is 0 Å². The molecule has 2 fully saturated rings. The second-order valence-corrected chi connectivity index (χ2v) is 7.64. The van der Waals surface area contributed by atoms with Crippen molar-refractivity contribution in [2.45, 2.75) is 57.8 Å². The highest BCUT2D eigenvalue weighted by Crippen LogP contribution is 2.39. The Morgan fingerprint density at radius 3 is 2.52 bits per heavy atom. The molecule has 134 valence electrons. The van der Waals surface area contributed by atoms with Crippen LogP contribution in [0.25, 0.3) is 0 Å². The van der Waals surface area contributed by atoms with Crippen molar-refractivity contribution in [3.63, 3.8) is 0 Å². The Hall–Kier alpha value is -0.690. The average molecular weight is 328 g/mol. The molecule has 0 bridgehead atoms. The number of ether oxygens (including phenoxy) is 1. The molecule has 2 aliphatic heterocycles. The summed E-state index contributed by atoms with van der Waals surface area (Å²) < 4.78 is 5.46. The van der Waals surface area contributed by atoms with Gasteiger partial charge < -0.3 is 25.2 Å². The number of likely N-dealkylation sites (N-methyl/N-ethyl adjacent to an activating group) is 1. The first-order chi connectivity index (χ1) is 10.9. The van der Waals surface area contributed by atoms with Crippen molar-refractivity contribution in [2.24, 2.45) is 11.3 Å². The molecule has 2 rings (SSSR count). The van der Waals surface area contributed by atoms with Gasteiger partial charge in [-0.15, -0.1) is 0 Å². The quantitative estimate of drug-likeness (QED) is 0.695. The van der Waals surface area contributed by atoms with E-state index in [2.05, 4.69) is 19.2 Å². The molecule has 2 heterocycles. The van der Waals surface area contributed by atoms with Crippen LogP contribution in [0.4, 0.5) is 0 Å². The number of carbonyl (C=O) groups excluding carboxylic acids is 1. The molecule has 3 N–H and O–H groups in total. The summed E-state index contributed by atoms with van der Waals surface area (Å²) in [6, 6.07) is -0.241. The van der Waals surface area contributed by atoms with Crippen LogP contribution in [-0.4, -0.2) is 72.6 Å². The van der Waals surface area contributed by atoms with E-state index in [0.717, 1.165) is 19.3 Å². The zero-order chi connectivity index (χ0) is 17.0. The number of nitrogens with zero attached hydrogens (tertiary/aromatic N) is 1. The van der Waals surface area contributed by atoms with E-state index in [0.29, 0.717) is 32.1 Å². The number of rotatable bonds is 4. The van der Waals surface area contributed by atoms with E-state index in [1.165, 1.54) is 0 Å². The maximum Gasteiger partial charge on any atom is 0.239 e. The summed E-state index contributed by atoms with van der Waals surface area (Å²) in [5.41, 5.74) is -0.138. The van der Waals surface area contributed by atoms with Gasteiger partial charge >= 0.3 is 0 Å². The van der Waals surface area contributed by atoms with E-state index in [-0.39, 0.29) is 23.9 Å². The number of hydrogen-bond donors (Lipinski definition) is 3. The van der Waals surface area contributed by atoms with Crippen molar-refractivity contribution in [1.82, 2.24) is 10.2 Å². The predicted molar refractivity (Wildman–Crippen MR) is 88.0 cm³/mol. The normalized spacial score (nSPS) is 29.6. The molecule has 0 aromatic carbocycles. The molecule has 0 aromatic rings. The standard InChI is InChI=1S/C17H32N2O4/c1-12(2)8-13(18-3)16(22)19-10-15(21)14(20)9-17(11-19)4-6-23-7-5-17/h12-15,18,20-21H,4-11H2,1-3H3/t13-,14-,15+/m0/s1. The number of β-amino-alcohol motifs (C(OH)–C–C–N with tert-alkyl or cyclic N) is 1. The summed E-state index contributed by atoms with van der Waals surface area (Å²) in [4.78, 5) is 14.7. The van der Waals surface area contributed by atoms with Gasteiger partial charge in [-0.3, -0.25) is 4.79 Å². The summed E-state index contributed by atoms with van der Waals surface area (Å²) >= 11 is 0. The third-order valence-electron chi connectivity index (χ3n) is 5.24. The Kier molecular flexibility index (Phi) is 6.42. The molecule has 0 aromatic heterocycles. The zero-order valence-electron chi connectivity index (χ0n) is 14.6. The van der Waals surface area contributed by atoms with Gasteiger partial charge in [-0.1, -0.05) is 13.8 Å². The number of aliphatic hydroxyl groups is 2. The number of nitrogens with one attached hydrogen (secondary N) is 1. The molecule has 2 aliphatic rings. The van der Waals surface area contributed by atoms with Crippen LogP contribution in [0.15, 0.2) is 0 Å². The van der Waals surface area contributed by atoms with Crippen LogP contribution in [0.1, 0.15) is 39.5 Å². The molecule has 23 heavy (non-hydrogen) atoms. The molecule has 0 aliphatic carbocycles. The minimum atomic E-state index is -0.877. The molecule has 2 saturated heterocycles. The van der Waals surface area contributed by atoms with Crippen LogP contribution in [-0.2, 0) is 9.53 Å². The average Bonchev–Trinajstić information content (AvgIpc) is 2.62. The second kappa shape index (κ2) is 7.92. The number of carbonyl (C=O) groups is 1. The van der Waals surface area contributed by atoms with Gasteiger partial charge in [0.15, 0.2) is 0 Å². The van der Waals surface area contributed by atoms with E-state index in [4.69, 9.17) is 4.74 Å². The predicted octanol–water partition coefficient (Wildman–Crippen LogP) is 0.371. The van der Waals surface area contributed by atoms with Crippen molar-refractivity contribution >= 4 is 5.91 Å². The fourth-order valence-electron chi connectivity index (χ4n) is 3.83. The van der Waals surface area contributed by atoms with Crippen molar-refractivity contribution in [3.05, 3.63) is 0 Å². The van der Waals surface area contributed by atoms with Gasteiger partial charge in [0.2, 0.25) is 5.91 Å². The first-order valence-corrected chi connectivity index (χ1v) is 8.77. The summed E-state index contributed by atoms with van der Waals surface area (Å²) in [7, 11) is 1.80. The highest BCUT2D eigenvalue weighted by molar-refractivity contribution is 5.82. The molecule has 0 saturated carbocycles. The number of amides is 1. The third-order valence-corrected chi connectivity index (χ3v) is 5.24. The van der Waals surface area contributed by atoms with Gasteiger partial charge in [-0.05, 0) is 44.1 Å². The number of aliphatic hydroxyl groups excluding tert-OH is 2. The monoisotopic (exact) mass is 328 g/mol. The first kappa shape index (κ1) is 18.6. The number of likely N-dealkylation sites (tertiary alicyclic amines) is 1. The van der Waals surface area contributed by atoms with E-state index >= 15 is 0 Å². The smallest absolute Gasteiger partial charge is 0.239 e. The van der Waals surface area contributed by atoms with Crippen molar-refractivity contribution in [3.8, 4) is 0 Å². The Bertz CT molecular complexity index is 396. The van der Waals surface area contributed by atoms with Crippen LogP contribution in [0.5, 0.6) is 0 Å². The Balaban J connectivity index is 2.16. The van der Waals surface area contributed by atoms with Crippen LogP contribution in [0.2, 0.25) is 0 Å². The largest absolute Gasteiger partial charge is 0.390 e. The van der Waals surface area contributed by atoms with Crippen molar-refractivity contribution in [1.29, 1.82) is 0 Å². The summed E-state index contributed by atoms with van der Waals surface area (Å²) in [6.07, 6.45) is 1.31. The van der Waals surface area contributed by atoms with Gasteiger partial charge in [0, 0.05) is 26.3 Å². The molecule has 0 unspecified atom stereocenters. The van der Waals surface area contributed by atoms with Gasteiger partial charge in [0.1, 0.15) is 0 Å². The fourth-order valence-corrected chi connectivity index (χ4v) is 3.83. The topological polar surface area (TPSA) is 82.0 Å². The Morgan fingerprint density at radius 1 is 1.30 bits per heavy atom. The van der Waals surface area contributed by atoms with Gasteiger partial charge in [-0.25, -0.2) is 0 Å². The zero-order valence-corrected chi connectivity index (χ0v) is 14.6. The summed E-state index contributed by atoms with van der Waals surface area (Å²) in [6.45, 7) is 6.31. The molecule has 0 radical (unpaired) electrons. The van der Waals surface area contributed by atoms with Gasteiger partial charge in [0.25, 0.3) is 0 Å². The van der Waals surface area contributed by atoms with Crippen LogP contribution < -0.4 is 5.32 Å². The summed E-state index contributed by atoms with van der Waals surface area (Å²) in [5.74, 6) is 0.441. The first-order valence-electron chi connectivity index (χ1n) is 8.77. The van der Waals surface area contributed by atoms with E-state index in [9.17, 15) is 15.0 Å². The van der Waals surface area contributed by atoms with Gasteiger partial charge in [0.05, 0.1) is 18.2 Å². The van der Waals surface area contributed by atoms with E-state index < -0.39 is 12.2 Å². The molecular weight excluding hydrogens is 296 g/mol. The molecular formula is C17H32N2O4. The van der Waals surface area contributed by atoms with E-state index in [1.54, 1.807) is 11.9 Å². The minimum absolute atomic E-state index is 0.0280. The molecule has 6 nitrogen and oxygen atoms in total. The number of hydrogen-bond acceptors (Lipinski definition) is 5. The molecule has 1 spiro atoms. The Morgan fingerprint density at radius 2 is 1.96 bits per heavy atom. The minimum Gasteiger partial charge on any atom is -0.390 e.